The van der Waals surface area contributed by atoms with Crippen LogP contribution in [-0.4, -0.2) is 48.2 Å². The van der Waals surface area contributed by atoms with Crippen LogP contribution in [0.25, 0.3) is 0 Å². The molecular formula is C14H28N2O2. The monoisotopic (exact) mass is 256 g/mol. The molecule has 4 heteroatoms. The van der Waals surface area contributed by atoms with Gasteiger partial charge in [0.15, 0.2) is 0 Å². The number of hydrogen-bond donors (Lipinski definition) is 2. The van der Waals surface area contributed by atoms with E-state index < -0.39 is 11.5 Å². The average molecular weight is 256 g/mol. The Balaban J connectivity index is 2.50. The third-order valence-corrected chi connectivity index (χ3v) is 4.61. The lowest BCUT2D eigenvalue weighted by molar-refractivity contribution is -0.145. The number of likely N-dealkylation sites (N-methyl/N-ethyl adjacent to an activating group) is 2. The molecule has 0 aromatic heterocycles. The van der Waals surface area contributed by atoms with Crippen LogP contribution in [0.4, 0.5) is 0 Å². The highest BCUT2D eigenvalue weighted by atomic mass is 16.4. The van der Waals surface area contributed by atoms with Crippen LogP contribution in [0.15, 0.2) is 0 Å². The van der Waals surface area contributed by atoms with Crippen molar-refractivity contribution in [2.24, 2.45) is 5.92 Å². The van der Waals surface area contributed by atoms with Gasteiger partial charge >= 0.3 is 5.97 Å². The predicted octanol–water partition coefficient (Wildman–Crippen LogP) is 1.95. The Bertz CT molecular complexity index is 275. The summed E-state index contributed by atoms with van der Waals surface area (Å²) in [6.45, 7) is 4.57. The summed E-state index contributed by atoms with van der Waals surface area (Å²) in [5.41, 5.74) is -0.851. The Kier molecular flexibility index (Phi) is 5.60. The van der Waals surface area contributed by atoms with Gasteiger partial charge in [0.2, 0.25) is 0 Å². The molecule has 0 amide bonds. The van der Waals surface area contributed by atoms with Crippen LogP contribution in [0, 0.1) is 5.92 Å². The van der Waals surface area contributed by atoms with Crippen molar-refractivity contribution in [2.75, 3.05) is 20.6 Å². The normalized spacial score (nSPS) is 28.1. The minimum absolute atomic E-state index is 0.542. The fourth-order valence-corrected chi connectivity index (χ4v) is 2.88. The van der Waals surface area contributed by atoms with Crippen LogP contribution >= 0.6 is 0 Å². The van der Waals surface area contributed by atoms with Crippen LogP contribution in [0.5, 0.6) is 0 Å². The number of hydrogen-bond acceptors (Lipinski definition) is 3. The van der Waals surface area contributed by atoms with Crippen molar-refractivity contribution in [3.05, 3.63) is 0 Å². The van der Waals surface area contributed by atoms with E-state index in [0.717, 1.165) is 5.92 Å². The zero-order valence-corrected chi connectivity index (χ0v) is 12.2. The molecule has 0 spiro atoms. The summed E-state index contributed by atoms with van der Waals surface area (Å²) in [5, 5.41) is 12.2. The Labute approximate surface area is 111 Å². The van der Waals surface area contributed by atoms with Gasteiger partial charge in [-0.05, 0) is 52.6 Å². The number of carboxylic acid groups (broad SMARTS) is 1. The van der Waals surface area contributed by atoms with Crippen LogP contribution in [0.2, 0.25) is 0 Å². The zero-order chi connectivity index (χ0) is 13.8. The average Bonchev–Trinajstić information content (AvgIpc) is 2.38. The maximum atomic E-state index is 11.3. The van der Waals surface area contributed by atoms with Gasteiger partial charge in [0.25, 0.3) is 0 Å². The molecule has 18 heavy (non-hydrogen) atoms. The molecule has 1 unspecified atom stereocenters. The van der Waals surface area contributed by atoms with Crippen LogP contribution < -0.4 is 5.32 Å². The molecule has 4 nitrogen and oxygen atoms in total. The van der Waals surface area contributed by atoms with Gasteiger partial charge in [0.05, 0.1) is 0 Å². The number of rotatable bonds is 6. The van der Waals surface area contributed by atoms with Crippen molar-refractivity contribution in [3.63, 3.8) is 0 Å². The molecule has 0 radical (unpaired) electrons. The van der Waals surface area contributed by atoms with Crippen LogP contribution in [-0.2, 0) is 4.79 Å². The summed E-state index contributed by atoms with van der Waals surface area (Å²) in [4.78, 5) is 13.5. The number of aliphatic carboxylic acids is 1. The molecule has 0 saturated heterocycles. The molecule has 1 aliphatic rings. The SMILES string of the molecule is CCC1CCC(N(C)CC(C)(NC)C(=O)O)CC1. The van der Waals surface area contributed by atoms with Crippen molar-refractivity contribution in [1.29, 1.82) is 0 Å². The Hall–Kier alpha value is -0.610. The number of carbonyl (C=O) groups is 1. The topological polar surface area (TPSA) is 52.6 Å². The molecule has 0 aromatic carbocycles. The second-order valence-corrected chi connectivity index (χ2v) is 5.89. The zero-order valence-electron chi connectivity index (χ0n) is 12.2. The predicted molar refractivity (Wildman–Crippen MR) is 73.8 cm³/mol. The van der Waals surface area contributed by atoms with Gasteiger partial charge in [-0.1, -0.05) is 13.3 Å². The Morgan fingerprint density at radius 2 is 1.94 bits per heavy atom. The standard InChI is InChI=1S/C14H28N2O2/c1-5-11-6-8-12(9-7-11)16(4)10-14(2,15-3)13(17)18/h11-12,15H,5-10H2,1-4H3,(H,17,18). The van der Waals surface area contributed by atoms with Gasteiger partial charge in [0, 0.05) is 12.6 Å². The maximum Gasteiger partial charge on any atom is 0.324 e. The number of nitrogens with one attached hydrogen (secondary N) is 1. The van der Waals surface area contributed by atoms with E-state index in [4.69, 9.17) is 0 Å². The van der Waals surface area contributed by atoms with Crippen molar-refractivity contribution in [2.45, 2.75) is 57.5 Å². The highest BCUT2D eigenvalue weighted by Gasteiger charge is 2.35. The minimum Gasteiger partial charge on any atom is -0.480 e. The molecule has 0 heterocycles. The van der Waals surface area contributed by atoms with Gasteiger partial charge in [-0.3, -0.25) is 4.79 Å². The van der Waals surface area contributed by atoms with Gasteiger partial charge in [-0.25, -0.2) is 0 Å². The molecule has 1 fully saturated rings. The summed E-state index contributed by atoms with van der Waals surface area (Å²) in [6.07, 6.45) is 6.26. The van der Waals surface area contributed by atoms with E-state index in [1.807, 2.05) is 0 Å². The van der Waals surface area contributed by atoms with E-state index >= 15 is 0 Å². The third kappa shape index (κ3) is 3.69. The molecule has 2 N–H and O–H groups in total. The lowest BCUT2D eigenvalue weighted by atomic mass is 9.83. The Morgan fingerprint density at radius 3 is 2.33 bits per heavy atom. The summed E-state index contributed by atoms with van der Waals surface area (Å²) >= 11 is 0. The second kappa shape index (κ2) is 6.53. The third-order valence-electron chi connectivity index (χ3n) is 4.61. The molecule has 1 atom stereocenters. The number of carboxylic acids is 1. The van der Waals surface area contributed by atoms with Gasteiger partial charge in [0.1, 0.15) is 5.54 Å². The molecule has 0 aromatic rings. The van der Waals surface area contributed by atoms with E-state index in [0.29, 0.717) is 12.6 Å². The summed E-state index contributed by atoms with van der Waals surface area (Å²) < 4.78 is 0. The van der Waals surface area contributed by atoms with Crippen LogP contribution in [0.3, 0.4) is 0 Å². The van der Waals surface area contributed by atoms with Crippen molar-refractivity contribution in [3.8, 4) is 0 Å². The number of nitrogens with zero attached hydrogens (tertiary/aromatic N) is 1. The van der Waals surface area contributed by atoms with Crippen molar-refractivity contribution in [1.82, 2.24) is 10.2 Å². The van der Waals surface area contributed by atoms with Crippen LogP contribution in [0.1, 0.15) is 46.0 Å². The van der Waals surface area contributed by atoms with E-state index in [9.17, 15) is 9.90 Å². The highest BCUT2D eigenvalue weighted by molar-refractivity contribution is 5.78. The van der Waals surface area contributed by atoms with E-state index in [1.54, 1.807) is 14.0 Å². The minimum atomic E-state index is -0.851. The van der Waals surface area contributed by atoms with Crippen molar-refractivity contribution >= 4 is 5.97 Å². The molecule has 1 saturated carbocycles. The second-order valence-electron chi connectivity index (χ2n) is 5.89. The van der Waals surface area contributed by atoms with E-state index in [1.165, 1.54) is 32.1 Å². The van der Waals surface area contributed by atoms with E-state index in [-0.39, 0.29) is 0 Å². The molecular weight excluding hydrogens is 228 g/mol. The Morgan fingerprint density at radius 1 is 1.39 bits per heavy atom. The first-order chi connectivity index (χ1) is 8.42. The molecule has 106 valence electrons. The van der Waals surface area contributed by atoms with Gasteiger partial charge < -0.3 is 15.3 Å². The lowest BCUT2D eigenvalue weighted by Crippen LogP contribution is -2.56. The summed E-state index contributed by atoms with van der Waals surface area (Å²) in [6, 6.07) is 0.542. The van der Waals surface area contributed by atoms with Gasteiger partial charge in [-0.2, -0.15) is 0 Å². The van der Waals surface area contributed by atoms with Crippen molar-refractivity contribution < 1.29 is 9.90 Å². The smallest absolute Gasteiger partial charge is 0.324 e. The fourth-order valence-electron chi connectivity index (χ4n) is 2.88. The first kappa shape index (κ1) is 15.4. The first-order valence-corrected chi connectivity index (χ1v) is 7.05. The summed E-state index contributed by atoms with van der Waals surface area (Å²) in [7, 11) is 3.77. The van der Waals surface area contributed by atoms with E-state index in [2.05, 4.69) is 24.2 Å². The highest BCUT2D eigenvalue weighted by Crippen LogP contribution is 2.29. The first-order valence-electron chi connectivity index (χ1n) is 7.05. The molecule has 1 rings (SSSR count). The molecule has 0 aliphatic heterocycles. The summed E-state index contributed by atoms with van der Waals surface area (Å²) in [5.74, 6) is 0.101. The van der Waals surface area contributed by atoms with Gasteiger partial charge in [-0.15, -0.1) is 0 Å². The molecule has 1 aliphatic carbocycles. The maximum absolute atomic E-state index is 11.3. The molecule has 0 bridgehead atoms. The largest absolute Gasteiger partial charge is 0.480 e. The quantitative estimate of drug-likeness (QED) is 0.762. The lowest BCUT2D eigenvalue weighted by Gasteiger charge is -2.38. The fraction of sp³-hybridized carbons (Fsp3) is 0.929.